The third-order valence-corrected chi connectivity index (χ3v) is 5.07. The molecule has 0 aromatic carbocycles. The number of carbonyl (C=O) groups is 1. The summed E-state index contributed by atoms with van der Waals surface area (Å²) in [7, 11) is 0. The van der Waals surface area contributed by atoms with Gasteiger partial charge in [0.2, 0.25) is 0 Å². The first-order chi connectivity index (χ1) is 11.4. The van der Waals surface area contributed by atoms with Crippen LogP contribution >= 0.6 is 11.8 Å². The van der Waals surface area contributed by atoms with E-state index < -0.39 is 42.7 Å². The molecule has 2 fully saturated rings. The molecule has 140 valence electrons. The molecule has 2 rings (SSSR count). The Labute approximate surface area is 144 Å². The fourth-order valence-electron chi connectivity index (χ4n) is 2.59. The minimum Gasteiger partial charge on any atom is -0.480 e. The van der Waals surface area contributed by atoms with Crippen molar-refractivity contribution in [3.63, 3.8) is 0 Å². The number of nitrogens with two attached hydrogens (primary N) is 1. The van der Waals surface area contributed by atoms with Crippen LogP contribution < -0.4 is 5.73 Å². The van der Waals surface area contributed by atoms with Crippen LogP contribution in [0.4, 0.5) is 0 Å². The number of ether oxygens (including phenoxy) is 3. The van der Waals surface area contributed by atoms with E-state index in [2.05, 4.69) is 0 Å². The largest absolute Gasteiger partial charge is 0.480 e. The molecular weight excluding hydrogens is 342 g/mol. The minimum absolute atomic E-state index is 0.0741. The van der Waals surface area contributed by atoms with Crippen molar-refractivity contribution in [3.8, 4) is 0 Å². The summed E-state index contributed by atoms with van der Waals surface area (Å²) in [6, 6.07) is -0.950. The van der Waals surface area contributed by atoms with Crippen molar-refractivity contribution < 1.29 is 39.4 Å². The molecule has 2 aliphatic rings. The Morgan fingerprint density at radius 1 is 1.21 bits per heavy atom. The van der Waals surface area contributed by atoms with Crippen molar-refractivity contribution in [2.75, 3.05) is 24.7 Å². The molecule has 24 heavy (non-hydrogen) atoms. The van der Waals surface area contributed by atoms with Crippen molar-refractivity contribution in [2.24, 2.45) is 5.73 Å². The summed E-state index contributed by atoms with van der Waals surface area (Å²) in [4.78, 5) is 10.7. The van der Waals surface area contributed by atoms with E-state index in [0.29, 0.717) is 12.2 Å². The zero-order valence-corrected chi connectivity index (χ0v) is 14.0. The highest BCUT2D eigenvalue weighted by Gasteiger charge is 2.37. The highest BCUT2D eigenvalue weighted by atomic mass is 32.2. The first-order valence-corrected chi connectivity index (χ1v) is 9.01. The molecule has 0 aromatic rings. The SMILES string of the molecule is NC(CSCC1OC[C@@H](O)C[C@@H]1O[C@@H]1OC[C@@H](O)C[C@@H]1O)C(=O)O. The molecule has 10 heteroatoms. The van der Waals surface area contributed by atoms with E-state index in [1.807, 2.05) is 0 Å². The summed E-state index contributed by atoms with van der Waals surface area (Å²) < 4.78 is 16.6. The van der Waals surface area contributed by atoms with Gasteiger partial charge >= 0.3 is 5.97 Å². The summed E-state index contributed by atoms with van der Waals surface area (Å²) in [5, 5.41) is 37.9. The van der Waals surface area contributed by atoms with Gasteiger partial charge in [0, 0.05) is 24.3 Å². The minimum atomic E-state index is -1.06. The Morgan fingerprint density at radius 2 is 1.88 bits per heavy atom. The maximum atomic E-state index is 10.7. The van der Waals surface area contributed by atoms with Crippen LogP contribution in [0.5, 0.6) is 0 Å². The molecule has 9 nitrogen and oxygen atoms in total. The third kappa shape index (κ3) is 5.81. The second-order valence-corrected chi connectivity index (χ2v) is 7.15. The van der Waals surface area contributed by atoms with E-state index in [1.54, 1.807) is 0 Å². The normalized spacial score (nSPS) is 38.7. The van der Waals surface area contributed by atoms with Gasteiger partial charge in [-0.1, -0.05) is 0 Å². The van der Waals surface area contributed by atoms with Gasteiger partial charge in [-0.25, -0.2) is 0 Å². The van der Waals surface area contributed by atoms with Gasteiger partial charge in [0.15, 0.2) is 6.29 Å². The molecule has 2 unspecified atom stereocenters. The van der Waals surface area contributed by atoms with E-state index in [0.717, 1.165) is 0 Å². The van der Waals surface area contributed by atoms with E-state index >= 15 is 0 Å². The number of hydrogen-bond donors (Lipinski definition) is 5. The van der Waals surface area contributed by atoms with Crippen molar-refractivity contribution in [1.29, 1.82) is 0 Å². The van der Waals surface area contributed by atoms with E-state index in [4.69, 9.17) is 25.1 Å². The first kappa shape index (κ1) is 19.9. The van der Waals surface area contributed by atoms with Gasteiger partial charge in [0.05, 0.1) is 37.6 Å². The Kier molecular flexibility index (Phi) is 7.69. The lowest BCUT2D eigenvalue weighted by atomic mass is 10.0. The van der Waals surface area contributed by atoms with Gasteiger partial charge in [-0.3, -0.25) is 4.79 Å². The van der Waals surface area contributed by atoms with Gasteiger partial charge in [0.25, 0.3) is 0 Å². The second kappa shape index (κ2) is 9.30. The van der Waals surface area contributed by atoms with Crippen LogP contribution in [-0.2, 0) is 19.0 Å². The van der Waals surface area contributed by atoms with Crippen LogP contribution in [0.3, 0.4) is 0 Å². The van der Waals surface area contributed by atoms with Crippen LogP contribution in [-0.4, -0.2) is 94.0 Å². The number of aliphatic hydroxyl groups excluding tert-OH is 3. The molecule has 0 radical (unpaired) electrons. The third-order valence-electron chi connectivity index (χ3n) is 3.91. The molecule has 2 aliphatic heterocycles. The van der Waals surface area contributed by atoms with E-state index in [9.17, 15) is 20.1 Å². The smallest absolute Gasteiger partial charge is 0.321 e. The summed E-state index contributed by atoms with van der Waals surface area (Å²) in [5.74, 6) is -0.379. The van der Waals surface area contributed by atoms with Crippen LogP contribution in [0.25, 0.3) is 0 Å². The number of hydrogen-bond acceptors (Lipinski definition) is 9. The predicted molar refractivity (Wildman–Crippen MR) is 84.5 cm³/mol. The van der Waals surface area contributed by atoms with Crippen molar-refractivity contribution in [3.05, 3.63) is 0 Å². The molecule has 0 aromatic heterocycles. The highest BCUT2D eigenvalue weighted by Crippen LogP contribution is 2.26. The van der Waals surface area contributed by atoms with E-state index in [1.165, 1.54) is 11.8 Å². The zero-order valence-electron chi connectivity index (χ0n) is 13.2. The Morgan fingerprint density at radius 3 is 2.54 bits per heavy atom. The Hall–Kier alpha value is -0.460. The van der Waals surface area contributed by atoms with Gasteiger partial charge in [-0.15, -0.1) is 0 Å². The van der Waals surface area contributed by atoms with Crippen LogP contribution in [0.1, 0.15) is 12.8 Å². The Balaban J connectivity index is 1.85. The molecule has 0 bridgehead atoms. The molecule has 0 saturated carbocycles. The van der Waals surface area contributed by atoms with Gasteiger partial charge in [-0.2, -0.15) is 11.8 Å². The van der Waals surface area contributed by atoms with Gasteiger partial charge < -0.3 is 40.4 Å². The molecule has 0 aliphatic carbocycles. The summed E-state index contributed by atoms with van der Waals surface area (Å²) in [6.07, 6.45) is -3.64. The number of aliphatic hydroxyl groups is 3. The molecule has 7 atom stereocenters. The maximum Gasteiger partial charge on any atom is 0.321 e. The summed E-state index contributed by atoms with van der Waals surface area (Å²) >= 11 is 1.33. The average molecular weight is 367 g/mol. The van der Waals surface area contributed by atoms with Crippen LogP contribution in [0.2, 0.25) is 0 Å². The molecule has 6 N–H and O–H groups in total. The highest BCUT2D eigenvalue weighted by molar-refractivity contribution is 7.99. The van der Waals surface area contributed by atoms with Crippen LogP contribution in [0.15, 0.2) is 0 Å². The van der Waals surface area contributed by atoms with Gasteiger partial charge in [-0.05, 0) is 0 Å². The summed E-state index contributed by atoms with van der Waals surface area (Å²) in [6.45, 7) is 0.244. The van der Waals surface area contributed by atoms with Crippen molar-refractivity contribution in [2.45, 2.75) is 55.7 Å². The summed E-state index contributed by atoms with van der Waals surface area (Å²) in [5.41, 5.74) is 5.46. The molecule has 2 saturated heterocycles. The molecule has 0 spiro atoms. The molecule has 2 heterocycles. The van der Waals surface area contributed by atoms with Crippen LogP contribution in [0, 0.1) is 0 Å². The van der Waals surface area contributed by atoms with E-state index in [-0.39, 0.29) is 31.5 Å². The standard InChI is InChI=1S/C14H25NO8S/c15-9(13(19)20)5-24-6-12-11(2-8(17)3-21-12)23-14-10(18)1-7(16)4-22-14/h7-12,14,16-18H,1-6,15H2,(H,19,20)/t7-,8-,9?,10-,11-,12?,14-/m0/s1. The number of carboxylic acid groups (broad SMARTS) is 1. The van der Waals surface area contributed by atoms with Crippen molar-refractivity contribution in [1.82, 2.24) is 0 Å². The fraction of sp³-hybridized carbons (Fsp3) is 0.929. The van der Waals surface area contributed by atoms with Gasteiger partial charge in [0.1, 0.15) is 12.1 Å². The monoisotopic (exact) mass is 367 g/mol. The fourth-order valence-corrected chi connectivity index (χ4v) is 3.66. The number of rotatable bonds is 7. The molecular formula is C14H25NO8S. The Bertz CT molecular complexity index is 414. The number of thioether (sulfide) groups is 1. The van der Waals surface area contributed by atoms with Crippen molar-refractivity contribution >= 4 is 17.7 Å². The number of aliphatic carboxylic acids is 1. The average Bonchev–Trinajstić information content (AvgIpc) is 2.51. The predicted octanol–water partition coefficient (Wildman–Crippen LogP) is -1.87. The lowest BCUT2D eigenvalue weighted by Gasteiger charge is -2.39. The lowest BCUT2D eigenvalue weighted by molar-refractivity contribution is -0.275. The number of carboxylic acids is 1. The maximum absolute atomic E-state index is 10.7. The quantitative estimate of drug-likeness (QED) is 0.346. The topological polar surface area (TPSA) is 152 Å². The first-order valence-electron chi connectivity index (χ1n) is 7.85. The molecule has 0 amide bonds. The lowest BCUT2D eigenvalue weighted by Crippen LogP contribution is -2.50. The zero-order chi connectivity index (χ0) is 17.7. The second-order valence-electron chi connectivity index (χ2n) is 6.08.